The Morgan fingerprint density at radius 1 is 1.09 bits per heavy atom. The highest BCUT2D eigenvalue weighted by molar-refractivity contribution is 5.80. The highest BCUT2D eigenvalue weighted by atomic mass is 16.7. The molecule has 0 bridgehead atoms. The second-order valence-electron chi connectivity index (χ2n) is 17.5. The van der Waals surface area contributed by atoms with Gasteiger partial charge in [0.2, 0.25) is 6.29 Å². The molecule has 1 saturated heterocycles. The third-order valence-electron chi connectivity index (χ3n) is 14.6. The number of hydrogen-bond acceptors (Lipinski definition) is 11. The summed E-state index contributed by atoms with van der Waals surface area (Å²) in [5.74, 6) is -0.378. The molecular formula is C36H57NO10. The average Bonchev–Trinajstić information content (AvgIpc) is 3.62. The van der Waals surface area contributed by atoms with Crippen LogP contribution in [0.4, 0.5) is 0 Å². The van der Waals surface area contributed by atoms with Crippen molar-refractivity contribution >= 4 is 18.0 Å². The molecule has 0 aromatic carbocycles. The van der Waals surface area contributed by atoms with E-state index in [2.05, 4.69) is 27.7 Å². The van der Waals surface area contributed by atoms with Crippen molar-refractivity contribution < 1.29 is 48.7 Å². The molecule has 14 unspecified atom stereocenters. The first-order valence-corrected chi connectivity index (χ1v) is 17.7. The summed E-state index contributed by atoms with van der Waals surface area (Å²) in [6, 6.07) is 0. The summed E-state index contributed by atoms with van der Waals surface area (Å²) in [4.78, 5) is 35.4. The maximum atomic E-state index is 12.4. The molecular weight excluding hydrogens is 606 g/mol. The molecule has 2 spiro atoms. The molecule has 6 aliphatic rings. The second kappa shape index (κ2) is 11.5. The number of carbonyl (C=O) groups is 3. The Hall–Kier alpha value is -1.47. The van der Waals surface area contributed by atoms with Gasteiger partial charge in [0.1, 0.15) is 13.2 Å². The Morgan fingerprint density at radius 3 is 2.36 bits per heavy atom. The zero-order valence-corrected chi connectivity index (χ0v) is 29.2. The number of carbonyl (C=O) groups excluding carboxylic acids is 3. The molecule has 5 N–H and O–H groups in total. The summed E-state index contributed by atoms with van der Waals surface area (Å²) in [7, 11) is 0. The van der Waals surface area contributed by atoms with Crippen molar-refractivity contribution in [1.82, 2.24) is 0 Å². The fraction of sp³-hybridized carbons (Fsp3) is 0.917. The molecule has 0 aromatic heterocycles. The van der Waals surface area contributed by atoms with E-state index in [1.807, 2.05) is 0 Å². The van der Waals surface area contributed by atoms with E-state index in [9.17, 15) is 24.6 Å². The van der Waals surface area contributed by atoms with Gasteiger partial charge >= 0.3 is 5.97 Å². The molecule has 0 radical (unpaired) electrons. The number of rotatable bonds is 10. The summed E-state index contributed by atoms with van der Waals surface area (Å²) < 4.78 is 24.0. The van der Waals surface area contributed by atoms with Gasteiger partial charge in [-0.3, -0.25) is 14.4 Å². The van der Waals surface area contributed by atoms with Gasteiger partial charge in [0.05, 0.1) is 35.6 Å². The fourth-order valence-electron chi connectivity index (χ4n) is 12.7. The number of aliphatic hydroxyl groups excluding tert-OH is 2. The maximum Gasteiger partial charge on any atom is 0.303 e. The van der Waals surface area contributed by atoms with Crippen molar-refractivity contribution in [3.05, 3.63) is 0 Å². The van der Waals surface area contributed by atoms with Crippen molar-refractivity contribution in [3.8, 4) is 0 Å². The monoisotopic (exact) mass is 663 g/mol. The lowest BCUT2D eigenvalue weighted by atomic mass is 9.43. The van der Waals surface area contributed by atoms with Gasteiger partial charge in [-0.15, -0.1) is 0 Å². The van der Waals surface area contributed by atoms with Crippen LogP contribution in [0.5, 0.6) is 0 Å². The lowest BCUT2D eigenvalue weighted by molar-refractivity contribution is -0.219. The third kappa shape index (κ3) is 4.95. The number of hydrogen-bond donors (Lipinski definition) is 4. The van der Waals surface area contributed by atoms with Crippen LogP contribution in [0, 0.1) is 45.3 Å². The standard InChI is InChI=1S/C36H57NO10/c1-19-14-22(30(32(5,6)43)45-20(2)40)46-28-27(19)33(7)12-13-35-18-34(35)11-10-25(47-26(16-39)44-17-21(41)15-38)31(3,4)23(34)8-9-24(35)36(33,37)29(28)42/h16,19,22-30,38,42-43H,8-15,17-18,37H2,1-7H3. The van der Waals surface area contributed by atoms with Gasteiger partial charge in [0, 0.05) is 6.92 Å². The number of esters is 1. The number of nitrogens with two attached hydrogens (primary N) is 1. The van der Waals surface area contributed by atoms with E-state index in [1.165, 1.54) is 6.92 Å². The minimum Gasteiger partial charge on any atom is -0.457 e. The van der Waals surface area contributed by atoms with Crippen LogP contribution in [0.1, 0.15) is 99.8 Å². The van der Waals surface area contributed by atoms with Crippen LogP contribution in [-0.2, 0) is 33.3 Å². The Balaban J connectivity index is 1.25. The van der Waals surface area contributed by atoms with Crippen molar-refractivity contribution in [1.29, 1.82) is 0 Å². The largest absolute Gasteiger partial charge is 0.457 e. The lowest BCUT2D eigenvalue weighted by Crippen LogP contribution is -2.70. The van der Waals surface area contributed by atoms with Gasteiger partial charge in [-0.1, -0.05) is 27.7 Å². The van der Waals surface area contributed by atoms with Crippen LogP contribution in [-0.4, -0.2) is 94.5 Å². The zero-order valence-electron chi connectivity index (χ0n) is 29.2. The Bertz CT molecular complexity index is 1270. The zero-order chi connectivity index (χ0) is 34.5. The smallest absolute Gasteiger partial charge is 0.303 e. The molecule has 5 saturated carbocycles. The predicted octanol–water partition coefficient (Wildman–Crippen LogP) is 2.68. The van der Waals surface area contributed by atoms with E-state index in [4.69, 9.17) is 29.8 Å². The van der Waals surface area contributed by atoms with Gasteiger partial charge in [0.25, 0.3) is 0 Å². The summed E-state index contributed by atoms with van der Waals surface area (Å²) in [5.41, 5.74) is 4.97. The Labute approximate surface area is 278 Å². The number of Topliss-reactive ketones (excluding diaryl/α,β-unsaturated/α-hetero) is 1. The molecule has 47 heavy (non-hydrogen) atoms. The van der Waals surface area contributed by atoms with Crippen molar-refractivity contribution in [2.75, 3.05) is 13.2 Å². The van der Waals surface area contributed by atoms with Crippen LogP contribution in [0.3, 0.4) is 0 Å². The summed E-state index contributed by atoms with van der Waals surface area (Å²) in [6.07, 6.45) is 3.39. The third-order valence-corrected chi connectivity index (χ3v) is 14.6. The minimum atomic E-state index is -1.32. The van der Waals surface area contributed by atoms with Gasteiger partial charge in [-0.2, -0.15) is 0 Å². The molecule has 11 heteroatoms. The number of fused-ring (bicyclic) bond motifs is 4. The number of aliphatic hydroxyl groups is 3. The summed E-state index contributed by atoms with van der Waals surface area (Å²) in [5, 5.41) is 32.4. The van der Waals surface area contributed by atoms with Gasteiger partial charge in [0.15, 0.2) is 18.2 Å². The van der Waals surface area contributed by atoms with Crippen LogP contribution >= 0.6 is 0 Å². The molecule has 1 heterocycles. The summed E-state index contributed by atoms with van der Waals surface area (Å²) >= 11 is 0. The van der Waals surface area contributed by atoms with Gasteiger partial charge in [-0.05, 0) is 111 Å². The normalized spacial score (nSPS) is 47.6. The minimum absolute atomic E-state index is 0.00496. The predicted molar refractivity (Wildman–Crippen MR) is 170 cm³/mol. The van der Waals surface area contributed by atoms with E-state index in [0.717, 1.165) is 44.9 Å². The van der Waals surface area contributed by atoms with Crippen molar-refractivity contribution in [3.63, 3.8) is 0 Å². The molecule has 6 fully saturated rings. The van der Waals surface area contributed by atoms with Gasteiger partial charge < -0.3 is 40.0 Å². The molecule has 11 nitrogen and oxygen atoms in total. The molecule has 266 valence electrons. The van der Waals surface area contributed by atoms with Crippen molar-refractivity contribution in [2.45, 2.75) is 148 Å². The van der Waals surface area contributed by atoms with Crippen LogP contribution < -0.4 is 5.73 Å². The first kappa shape index (κ1) is 35.4. The molecule has 6 rings (SSSR count). The SMILES string of the molecule is CC(=O)OC(C1CC(C)C2C(O1)C(O)C1(N)C3CCC4C(C)(C)C(OC(C=O)OCC(=O)CO)CCC45CC35CCC21C)C(C)(C)O. The Morgan fingerprint density at radius 2 is 1.74 bits per heavy atom. The summed E-state index contributed by atoms with van der Waals surface area (Å²) in [6.45, 7) is 12.5. The van der Waals surface area contributed by atoms with E-state index in [-0.39, 0.29) is 52.1 Å². The number of aldehydes is 1. The number of ketones is 1. The molecule has 14 atom stereocenters. The van der Waals surface area contributed by atoms with Gasteiger partial charge in [-0.25, -0.2) is 0 Å². The average molecular weight is 664 g/mol. The van der Waals surface area contributed by atoms with E-state index >= 15 is 0 Å². The second-order valence-corrected chi connectivity index (χ2v) is 17.5. The number of ether oxygens (including phenoxy) is 4. The van der Waals surface area contributed by atoms with Crippen molar-refractivity contribution in [2.24, 2.45) is 51.1 Å². The quantitative estimate of drug-likeness (QED) is 0.154. The molecule has 0 amide bonds. The van der Waals surface area contributed by atoms with Crippen LogP contribution in [0.15, 0.2) is 0 Å². The van der Waals surface area contributed by atoms with E-state index in [1.54, 1.807) is 13.8 Å². The molecule has 5 aliphatic carbocycles. The molecule has 0 aromatic rings. The fourth-order valence-corrected chi connectivity index (χ4v) is 12.7. The maximum absolute atomic E-state index is 12.4. The van der Waals surface area contributed by atoms with Crippen LogP contribution in [0.2, 0.25) is 0 Å². The first-order chi connectivity index (χ1) is 21.8. The van der Waals surface area contributed by atoms with Crippen LogP contribution in [0.25, 0.3) is 0 Å². The Kier molecular flexibility index (Phi) is 8.68. The highest BCUT2D eigenvalue weighted by Crippen LogP contribution is 2.87. The lowest BCUT2D eigenvalue weighted by Gasteiger charge is -2.63. The molecule has 1 aliphatic heterocycles. The highest BCUT2D eigenvalue weighted by Gasteiger charge is 2.85. The van der Waals surface area contributed by atoms with E-state index < -0.39 is 60.2 Å². The first-order valence-electron chi connectivity index (χ1n) is 17.7. The van der Waals surface area contributed by atoms with E-state index in [0.29, 0.717) is 18.6 Å². The topological polar surface area (TPSA) is 175 Å².